The summed E-state index contributed by atoms with van der Waals surface area (Å²) in [5, 5.41) is 0. The van der Waals surface area contributed by atoms with Crippen molar-refractivity contribution in [1.29, 1.82) is 0 Å². The number of alkyl halides is 1. The molecule has 1 fully saturated rings. The summed E-state index contributed by atoms with van der Waals surface area (Å²) in [6, 6.07) is 0.470. The molecule has 0 amide bonds. The van der Waals surface area contributed by atoms with Gasteiger partial charge in [0.25, 0.3) is 0 Å². The largest absolute Gasteiger partial charge is 0.352 e. The number of nitrogens with zero attached hydrogens (tertiary/aromatic N) is 3. The molecule has 17 heavy (non-hydrogen) atoms. The molecule has 0 spiro atoms. The second kappa shape index (κ2) is 4.81. The van der Waals surface area contributed by atoms with Gasteiger partial charge >= 0.3 is 0 Å². The third-order valence-electron chi connectivity index (χ3n) is 3.93. The van der Waals surface area contributed by atoms with Crippen molar-refractivity contribution in [3.05, 3.63) is 17.6 Å². The number of hydrogen-bond donors (Lipinski definition) is 0. The molecule has 1 aliphatic carbocycles. The molecular weight excluding hydrogens is 234 g/mol. The van der Waals surface area contributed by atoms with E-state index >= 15 is 0 Å². The van der Waals surface area contributed by atoms with Crippen LogP contribution in [0.2, 0.25) is 0 Å². The molecule has 0 aromatic carbocycles. The second-order valence-corrected chi connectivity index (χ2v) is 5.28. The smallest absolute Gasteiger partial charge is 0.135 e. The zero-order chi connectivity index (χ0) is 11.7. The Morgan fingerprint density at radius 3 is 3.00 bits per heavy atom. The van der Waals surface area contributed by atoms with Crippen molar-refractivity contribution in [3.8, 4) is 0 Å². The van der Waals surface area contributed by atoms with Crippen LogP contribution < -0.4 is 4.90 Å². The average Bonchev–Trinajstić information content (AvgIpc) is 2.86. The van der Waals surface area contributed by atoms with Gasteiger partial charge < -0.3 is 4.90 Å². The van der Waals surface area contributed by atoms with Crippen LogP contribution in [0, 0.1) is 0 Å². The standard InChI is InChI=1S/C13H18ClN3/c14-8-10-4-3-7-17(10)13-11-5-1-2-6-12(11)15-9-16-13/h9-10H,1-8H2. The van der Waals surface area contributed by atoms with Crippen molar-refractivity contribution in [2.45, 2.75) is 44.6 Å². The van der Waals surface area contributed by atoms with E-state index in [1.54, 1.807) is 6.33 Å². The minimum atomic E-state index is 0.470. The van der Waals surface area contributed by atoms with Gasteiger partial charge in [-0.3, -0.25) is 0 Å². The molecule has 3 rings (SSSR count). The van der Waals surface area contributed by atoms with E-state index in [1.165, 1.54) is 36.9 Å². The van der Waals surface area contributed by atoms with E-state index in [0.29, 0.717) is 11.9 Å². The van der Waals surface area contributed by atoms with Gasteiger partial charge in [0.05, 0.1) is 0 Å². The monoisotopic (exact) mass is 251 g/mol. The molecule has 1 aliphatic heterocycles. The predicted octanol–water partition coefficient (Wildman–Crippen LogP) is 2.56. The highest BCUT2D eigenvalue weighted by Crippen LogP contribution is 2.31. The van der Waals surface area contributed by atoms with Crippen molar-refractivity contribution in [1.82, 2.24) is 9.97 Å². The van der Waals surface area contributed by atoms with E-state index in [0.717, 1.165) is 25.2 Å². The molecule has 2 aliphatic rings. The molecule has 92 valence electrons. The molecular formula is C13H18ClN3. The summed E-state index contributed by atoms with van der Waals surface area (Å²) < 4.78 is 0. The fourth-order valence-corrected chi connectivity index (χ4v) is 3.35. The van der Waals surface area contributed by atoms with Crippen molar-refractivity contribution in [2.75, 3.05) is 17.3 Å². The molecule has 1 saturated heterocycles. The summed E-state index contributed by atoms with van der Waals surface area (Å²) in [7, 11) is 0. The predicted molar refractivity (Wildman–Crippen MR) is 69.8 cm³/mol. The number of fused-ring (bicyclic) bond motifs is 1. The maximum Gasteiger partial charge on any atom is 0.135 e. The molecule has 0 bridgehead atoms. The van der Waals surface area contributed by atoms with Gasteiger partial charge in [-0.15, -0.1) is 11.6 Å². The van der Waals surface area contributed by atoms with Gasteiger partial charge in [-0.25, -0.2) is 9.97 Å². The van der Waals surface area contributed by atoms with Crippen LogP contribution in [0.15, 0.2) is 6.33 Å². The summed E-state index contributed by atoms with van der Waals surface area (Å²) in [6.45, 7) is 1.10. The van der Waals surface area contributed by atoms with Crippen LogP contribution in [0.3, 0.4) is 0 Å². The lowest BCUT2D eigenvalue weighted by Gasteiger charge is -2.28. The Morgan fingerprint density at radius 1 is 1.24 bits per heavy atom. The lowest BCUT2D eigenvalue weighted by molar-refractivity contribution is 0.650. The van der Waals surface area contributed by atoms with E-state index in [9.17, 15) is 0 Å². The zero-order valence-electron chi connectivity index (χ0n) is 10.0. The number of rotatable bonds is 2. The van der Waals surface area contributed by atoms with Crippen molar-refractivity contribution >= 4 is 17.4 Å². The van der Waals surface area contributed by atoms with Crippen LogP contribution in [-0.2, 0) is 12.8 Å². The Kier molecular flexibility index (Phi) is 3.19. The van der Waals surface area contributed by atoms with Crippen LogP contribution in [0.5, 0.6) is 0 Å². The highest BCUT2D eigenvalue weighted by molar-refractivity contribution is 6.18. The minimum Gasteiger partial charge on any atom is -0.352 e. The van der Waals surface area contributed by atoms with Gasteiger partial charge in [-0.1, -0.05) is 0 Å². The lowest BCUT2D eigenvalue weighted by Crippen LogP contribution is -2.33. The van der Waals surface area contributed by atoms with E-state index in [2.05, 4.69) is 14.9 Å². The van der Waals surface area contributed by atoms with Crippen molar-refractivity contribution in [2.24, 2.45) is 0 Å². The van der Waals surface area contributed by atoms with Gasteiger partial charge in [-0.05, 0) is 38.5 Å². The first-order valence-corrected chi connectivity index (χ1v) is 7.09. The number of aromatic nitrogens is 2. The number of aryl methyl sites for hydroxylation is 1. The van der Waals surface area contributed by atoms with Gasteiger partial charge in [0.1, 0.15) is 12.1 Å². The highest BCUT2D eigenvalue weighted by atomic mass is 35.5. The van der Waals surface area contributed by atoms with Crippen LogP contribution in [0.25, 0.3) is 0 Å². The SMILES string of the molecule is ClCC1CCCN1c1ncnc2c1CCCC2. The van der Waals surface area contributed by atoms with Crippen LogP contribution in [0.4, 0.5) is 5.82 Å². The molecule has 2 heterocycles. The minimum absolute atomic E-state index is 0.470. The lowest BCUT2D eigenvalue weighted by atomic mass is 9.96. The Balaban J connectivity index is 1.97. The van der Waals surface area contributed by atoms with Gasteiger partial charge in [0.15, 0.2) is 0 Å². The molecule has 0 N–H and O–H groups in total. The van der Waals surface area contributed by atoms with Gasteiger partial charge in [-0.2, -0.15) is 0 Å². The van der Waals surface area contributed by atoms with Gasteiger partial charge in [0, 0.05) is 29.7 Å². The highest BCUT2D eigenvalue weighted by Gasteiger charge is 2.28. The van der Waals surface area contributed by atoms with Crippen LogP contribution in [0.1, 0.15) is 36.9 Å². The van der Waals surface area contributed by atoms with Crippen LogP contribution >= 0.6 is 11.6 Å². The fraction of sp³-hybridized carbons (Fsp3) is 0.692. The van der Waals surface area contributed by atoms with E-state index in [1.807, 2.05) is 0 Å². The molecule has 1 unspecified atom stereocenters. The second-order valence-electron chi connectivity index (χ2n) is 4.97. The maximum absolute atomic E-state index is 6.05. The maximum atomic E-state index is 6.05. The first-order chi connectivity index (χ1) is 8.40. The third-order valence-corrected chi connectivity index (χ3v) is 4.29. The summed E-state index contributed by atoms with van der Waals surface area (Å²) in [5.74, 6) is 1.87. The number of anilines is 1. The van der Waals surface area contributed by atoms with E-state index in [-0.39, 0.29) is 0 Å². The molecule has 3 nitrogen and oxygen atoms in total. The van der Waals surface area contributed by atoms with Gasteiger partial charge in [0.2, 0.25) is 0 Å². The Morgan fingerprint density at radius 2 is 2.12 bits per heavy atom. The molecule has 1 aromatic rings. The summed E-state index contributed by atoms with van der Waals surface area (Å²) >= 11 is 6.05. The van der Waals surface area contributed by atoms with Crippen molar-refractivity contribution in [3.63, 3.8) is 0 Å². The number of halogens is 1. The fourth-order valence-electron chi connectivity index (χ4n) is 3.03. The molecule has 0 saturated carbocycles. The van der Waals surface area contributed by atoms with Crippen molar-refractivity contribution < 1.29 is 0 Å². The quantitative estimate of drug-likeness (QED) is 0.757. The Bertz CT molecular complexity index is 408. The Labute approximate surface area is 107 Å². The topological polar surface area (TPSA) is 29.0 Å². The van der Waals surface area contributed by atoms with Crippen LogP contribution in [-0.4, -0.2) is 28.4 Å². The van der Waals surface area contributed by atoms with E-state index in [4.69, 9.17) is 11.6 Å². The first kappa shape index (κ1) is 11.3. The summed E-state index contributed by atoms with van der Waals surface area (Å²) in [4.78, 5) is 11.4. The molecule has 4 heteroatoms. The number of hydrogen-bond acceptors (Lipinski definition) is 3. The third kappa shape index (κ3) is 2.01. The summed E-state index contributed by atoms with van der Waals surface area (Å²) in [5.41, 5.74) is 2.65. The zero-order valence-corrected chi connectivity index (χ0v) is 10.8. The van der Waals surface area contributed by atoms with E-state index < -0.39 is 0 Å². The molecule has 0 radical (unpaired) electrons. The average molecular weight is 252 g/mol. The molecule has 1 atom stereocenters. The summed E-state index contributed by atoms with van der Waals surface area (Å²) in [6.07, 6.45) is 8.94. The Hall–Kier alpha value is -0.830. The normalized spacial score (nSPS) is 23.8. The molecule has 1 aromatic heterocycles. The first-order valence-electron chi connectivity index (χ1n) is 6.55.